The van der Waals surface area contributed by atoms with Crippen molar-refractivity contribution in [2.75, 3.05) is 13.1 Å². The van der Waals surface area contributed by atoms with Gasteiger partial charge in [0.15, 0.2) is 6.10 Å². The number of carbonyl (C=O) groups excluding carboxylic acids is 2. The molecule has 0 bridgehead atoms. The molecule has 2 rings (SSSR count). The highest BCUT2D eigenvalue weighted by Gasteiger charge is 2.44. The van der Waals surface area contributed by atoms with Crippen LogP contribution in [-0.2, 0) is 14.4 Å². The van der Waals surface area contributed by atoms with Crippen LogP contribution in [0.2, 0.25) is 0 Å². The van der Waals surface area contributed by atoms with Gasteiger partial charge in [-0.15, -0.1) is 0 Å². The molecule has 1 N–H and O–H groups in total. The Morgan fingerprint density at radius 3 is 2.62 bits per heavy atom. The van der Waals surface area contributed by atoms with Crippen LogP contribution in [0.15, 0.2) is 5.16 Å². The lowest BCUT2D eigenvalue weighted by atomic mass is 10.0. The number of nitrogens with one attached hydrogen (secondary N) is 1. The van der Waals surface area contributed by atoms with E-state index in [2.05, 4.69) is 26.4 Å². The number of likely N-dealkylation sites (tertiary alicyclic amines) is 1. The van der Waals surface area contributed by atoms with Gasteiger partial charge in [-0.3, -0.25) is 4.79 Å². The maximum absolute atomic E-state index is 12.9. The fraction of sp³-hybridized carbons (Fsp3) is 0.812. The first-order chi connectivity index (χ1) is 11.1. The lowest BCUT2D eigenvalue weighted by Crippen LogP contribution is -2.50. The minimum absolute atomic E-state index is 0.0789. The monoisotopic (exact) mass is 403 g/mol. The van der Waals surface area contributed by atoms with E-state index in [1.165, 1.54) is 0 Å². The van der Waals surface area contributed by atoms with Crippen molar-refractivity contribution in [3.8, 4) is 0 Å². The van der Waals surface area contributed by atoms with E-state index in [1.54, 1.807) is 25.7 Å². The van der Waals surface area contributed by atoms with Crippen LogP contribution in [0.5, 0.6) is 0 Å². The van der Waals surface area contributed by atoms with Crippen LogP contribution in [0.1, 0.15) is 41.0 Å². The summed E-state index contributed by atoms with van der Waals surface area (Å²) in [5, 5.41) is 6.63. The Morgan fingerprint density at radius 2 is 2.08 bits per heavy atom. The molecule has 0 aromatic rings. The predicted molar refractivity (Wildman–Crippen MR) is 93.9 cm³/mol. The highest BCUT2D eigenvalue weighted by atomic mass is 79.9. The number of rotatable bonds is 4. The number of nitrogens with zero attached hydrogens (tertiary/aromatic N) is 2. The Labute approximate surface area is 151 Å². The number of halogens is 1. The fourth-order valence-corrected chi connectivity index (χ4v) is 3.36. The molecule has 2 amide bonds. The van der Waals surface area contributed by atoms with Gasteiger partial charge in [-0.2, -0.15) is 0 Å². The second-order valence-electron chi connectivity index (χ2n) is 7.74. The van der Waals surface area contributed by atoms with Gasteiger partial charge in [-0.1, -0.05) is 19.0 Å². The number of amides is 2. The van der Waals surface area contributed by atoms with Gasteiger partial charge in [0.1, 0.15) is 16.3 Å². The van der Waals surface area contributed by atoms with Crippen LogP contribution in [-0.4, -0.2) is 52.4 Å². The van der Waals surface area contributed by atoms with Crippen molar-refractivity contribution >= 4 is 32.6 Å². The van der Waals surface area contributed by atoms with Crippen molar-refractivity contribution in [3.05, 3.63) is 0 Å². The van der Waals surface area contributed by atoms with E-state index in [-0.39, 0.29) is 23.8 Å². The summed E-state index contributed by atoms with van der Waals surface area (Å²) >= 11 is 3.37. The molecule has 8 heteroatoms. The minimum Gasteiger partial charge on any atom is -0.444 e. The van der Waals surface area contributed by atoms with Gasteiger partial charge in [0.05, 0.1) is 12.5 Å². The van der Waals surface area contributed by atoms with E-state index >= 15 is 0 Å². The standard InChI is InChI=1S/C16H26BrN3O4/c1-9(2)6-11(18-15(22)23-16(3,4)5)14(21)20-7-10-12(8-20)24-19-13(10)17/h9-12H,6-8H2,1-5H3,(H,18,22)/t10?,11-,12?/m0/s1. The molecule has 2 unspecified atom stereocenters. The van der Waals surface area contributed by atoms with Gasteiger partial charge in [0.25, 0.3) is 0 Å². The molecule has 1 saturated heterocycles. The van der Waals surface area contributed by atoms with Gasteiger partial charge in [-0.25, -0.2) is 4.79 Å². The maximum atomic E-state index is 12.9. The number of oxime groups is 1. The maximum Gasteiger partial charge on any atom is 0.408 e. The van der Waals surface area contributed by atoms with Crippen molar-refractivity contribution in [3.63, 3.8) is 0 Å². The molecule has 0 aromatic heterocycles. The van der Waals surface area contributed by atoms with Gasteiger partial charge in [-0.05, 0) is 49.0 Å². The Morgan fingerprint density at radius 1 is 1.42 bits per heavy atom. The summed E-state index contributed by atoms with van der Waals surface area (Å²) in [6.07, 6.45) is -0.121. The third-order valence-corrected chi connectivity index (χ3v) is 4.59. The lowest BCUT2D eigenvalue weighted by Gasteiger charge is -2.27. The zero-order valence-corrected chi connectivity index (χ0v) is 16.4. The van der Waals surface area contributed by atoms with Crippen molar-refractivity contribution in [1.29, 1.82) is 0 Å². The molecule has 2 aliphatic heterocycles. The average molecular weight is 404 g/mol. The second-order valence-corrected chi connectivity index (χ2v) is 8.55. The van der Waals surface area contributed by atoms with E-state index in [9.17, 15) is 9.59 Å². The van der Waals surface area contributed by atoms with E-state index in [0.29, 0.717) is 19.5 Å². The van der Waals surface area contributed by atoms with E-state index in [0.717, 1.165) is 4.62 Å². The summed E-state index contributed by atoms with van der Waals surface area (Å²) in [7, 11) is 0. The topological polar surface area (TPSA) is 80.2 Å². The first-order valence-electron chi connectivity index (χ1n) is 8.24. The molecule has 2 heterocycles. The Hall–Kier alpha value is -1.31. The molecule has 1 fully saturated rings. The van der Waals surface area contributed by atoms with Gasteiger partial charge < -0.3 is 19.8 Å². The molecule has 0 radical (unpaired) electrons. The number of hydrogen-bond donors (Lipinski definition) is 1. The molecule has 7 nitrogen and oxygen atoms in total. The second kappa shape index (κ2) is 7.29. The van der Waals surface area contributed by atoms with Crippen molar-refractivity contribution in [1.82, 2.24) is 10.2 Å². The largest absolute Gasteiger partial charge is 0.444 e. The van der Waals surface area contributed by atoms with Gasteiger partial charge in [0, 0.05) is 6.54 Å². The smallest absolute Gasteiger partial charge is 0.408 e. The molecule has 2 aliphatic rings. The zero-order chi connectivity index (χ0) is 18.1. The van der Waals surface area contributed by atoms with E-state index in [4.69, 9.17) is 9.57 Å². The molecule has 0 spiro atoms. The van der Waals surface area contributed by atoms with Crippen LogP contribution in [0.3, 0.4) is 0 Å². The minimum atomic E-state index is -0.602. The molecular formula is C16H26BrN3O4. The predicted octanol–water partition coefficient (Wildman–Crippen LogP) is 2.49. The molecule has 0 aromatic carbocycles. The highest BCUT2D eigenvalue weighted by molar-refractivity contribution is 9.18. The van der Waals surface area contributed by atoms with Crippen LogP contribution in [0.25, 0.3) is 0 Å². The summed E-state index contributed by atoms with van der Waals surface area (Å²) < 4.78 is 6.02. The Balaban J connectivity index is 2.01. The van der Waals surface area contributed by atoms with Crippen LogP contribution < -0.4 is 5.32 Å². The molecule has 0 aliphatic carbocycles. The lowest BCUT2D eigenvalue weighted by molar-refractivity contribution is -0.133. The normalized spacial score (nSPS) is 24.3. The molecule has 3 atom stereocenters. The summed E-state index contributed by atoms with van der Waals surface area (Å²) in [4.78, 5) is 32.0. The van der Waals surface area contributed by atoms with E-state index < -0.39 is 17.7 Å². The van der Waals surface area contributed by atoms with Crippen LogP contribution in [0, 0.1) is 11.8 Å². The number of alkyl carbamates (subject to hydrolysis) is 1. The average Bonchev–Trinajstić information content (AvgIpc) is 2.97. The number of ether oxygens (including phenoxy) is 1. The molecule has 24 heavy (non-hydrogen) atoms. The van der Waals surface area contributed by atoms with Crippen molar-refractivity contribution < 1.29 is 19.2 Å². The van der Waals surface area contributed by atoms with Gasteiger partial charge >= 0.3 is 6.09 Å². The summed E-state index contributed by atoms with van der Waals surface area (Å²) in [6, 6.07) is -0.602. The Kier molecular flexibility index (Phi) is 5.78. The number of hydrogen-bond acceptors (Lipinski definition) is 5. The molecular weight excluding hydrogens is 378 g/mol. The summed E-state index contributed by atoms with van der Waals surface area (Å²) in [5.74, 6) is 0.239. The molecule has 136 valence electrons. The van der Waals surface area contributed by atoms with Crippen LogP contribution >= 0.6 is 15.9 Å². The van der Waals surface area contributed by atoms with Crippen molar-refractivity contribution in [2.45, 2.75) is 58.8 Å². The Bertz CT molecular complexity index is 530. The first kappa shape index (κ1) is 19.0. The summed E-state index contributed by atoms with van der Waals surface area (Å²) in [5.41, 5.74) is -0.602. The summed E-state index contributed by atoms with van der Waals surface area (Å²) in [6.45, 7) is 10.4. The third-order valence-electron chi connectivity index (χ3n) is 3.86. The number of carbonyl (C=O) groups is 2. The van der Waals surface area contributed by atoms with Crippen molar-refractivity contribution in [2.24, 2.45) is 17.0 Å². The fourth-order valence-electron chi connectivity index (χ4n) is 2.84. The third kappa shape index (κ3) is 4.84. The first-order valence-corrected chi connectivity index (χ1v) is 9.03. The van der Waals surface area contributed by atoms with Gasteiger partial charge in [0.2, 0.25) is 5.91 Å². The zero-order valence-electron chi connectivity index (χ0n) is 14.8. The number of fused-ring (bicyclic) bond motifs is 1. The SMILES string of the molecule is CC(C)C[C@H](NC(=O)OC(C)(C)C)C(=O)N1CC2ON=C(Br)C2C1. The highest BCUT2D eigenvalue weighted by Crippen LogP contribution is 2.30. The molecule has 0 saturated carbocycles. The quantitative estimate of drug-likeness (QED) is 0.781. The van der Waals surface area contributed by atoms with Crippen LogP contribution in [0.4, 0.5) is 4.79 Å². The van der Waals surface area contributed by atoms with E-state index in [1.807, 2.05) is 13.8 Å².